The third kappa shape index (κ3) is 4.08. The van der Waals surface area contributed by atoms with Crippen LogP contribution in [0, 0.1) is 0 Å². The van der Waals surface area contributed by atoms with Crippen molar-refractivity contribution >= 4 is 5.91 Å². The van der Waals surface area contributed by atoms with Crippen molar-refractivity contribution in [3.63, 3.8) is 0 Å². The number of rotatable bonds is 7. The second-order valence-corrected chi connectivity index (χ2v) is 5.08. The van der Waals surface area contributed by atoms with Crippen LogP contribution in [0.4, 0.5) is 0 Å². The van der Waals surface area contributed by atoms with Crippen LogP contribution in [0.5, 0.6) is 5.75 Å². The molecular weight excluding hydrogens is 282 g/mol. The van der Waals surface area contributed by atoms with Gasteiger partial charge >= 0.3 is 0 Å². The van der Waals surface area contributed by atoms with Crippen molar-refractivity contribution in [3.8, 4) is 11.4 Å². The van der Waals surface area contributed by atoms with E-state index in [1.54, 1.807) is 24.1 Å². The molecule has 0 aliphatic carbocycles. The number of aliphatic hydroxyl groups excluding tert-OH is 1. The van der Waals surface area contributed by atoms with Crippen LogP contribution in [-0.4, -0.2) is 40.6 Å². The summed E-state index contributed by atoms with van der Waals surface area (Å²) in [5.74, 6) is 0.560. The molecule has 1 amide bonds. The van der Waals surface area contributed by atoms with Gasteiger partial charge in [0.15, 0.2) is 5.69 Å². The third-order valence-corrected chi connectivity index (χ3v) is 3.33. The molecule has 2 aromatic rings. The first kappa shape index (κ1) is 16.0. The predicted octanol–water partition coefficient (Wildman–Crippen LogP) is 1.77. The Balaban J connectivity index is 2.02. The summed E-state index contributed by atoms with van der Waals surface area (Å²) >= 11 is 0. The molecule has 0 fully saturated rings. The zero-order valence-corrected chi connectivity index (χ0v) is 12.8. The summed E-state index contributed by atoms with van der Waals surface area (Å²) in [5, 5.41) is 15.9. The maximum Gasteiger partial charge on any atom is 0.271 e. The number of carbonyl (C=O) groups excluding carboxylic acids is 1. The van der Waals surface area contributed by atoms with Gasteiger partial charge in [-0.15, -0.1) is 0 Å². The van der Waals surface area contributed by atoms with E-state index in [-0.39, 0.29) is 18.6 Å². The monoisotopic (exact) mass is 303 g/mol. The van der Waals surface area contributed by atoms with E-state index in [2.05, 4.69) is 10.4 Å². The Morgan fingerprint density at radius 3 is 2.73 bits per heavy atom. The van der Waals surface area contributed by atoms with Gasteiger partial charge in [0, 0.05) is 18.8 Å². The quantitative estimate of drug-likeness (QED) is 0.817. The van der Waals surface area contributed by atoms with Gasteiger partial charge in [0.2, 0.25) is 0 Å². The van der Waals surface area contributed by atoms with E-state index >= 15 is 0 Å². The number of aromatic nitrogens is 2. The first-order valence-corrected chi connectivity index (χ1v) is 7.26. The van der Waals surface area contributed by atoms with Crippen molar-refractivity contribution in [1.29, 1.82) is 0 Å². The number of amides is 1. The Morgan fingerprint density at radius 2 is 2.09 bits per heavy atom. The van der Waals surface area contributed by atoms with Crippen LogP contribution in [0.25, 0.3) is 5.69 Å². The molecule has 0 radical (unpaired) electrons. The molecule has 22 heavy (non-hydrogen) atoms. The number of benzene rings is 1. The smallest absolute Gasteiger partial charge is 0.271 e. The van der Waals surface area contributed by atoms with Crippen molar-refractivity contribution in [2.45, 2.75) is 25.8 Å². The molecular formula is C16H21N3O3. The summed E-state index contributed by atoms with van der Waals surface area (Å²) in [4.78, 5) is 12.1. The number of hydrogen-bond donors (Lipinski definition) is 2. The normalized spacial score (nSPS) is 12.0. The van der Waals surface area contributed by atoms with Crippen LogP contribution in [0.15, 0.2) is 36.5 Å². The molecule has 0 saturated carbocycles. The summed E-state index contributed by atoms with van der Waals surface area (Å²) in [7, 11) is 1.61. The Hall–Kier alpha value is -2.34. The lowest BCUT2D eigenvalue weighted by Crippen LogP contribution is -2.33. The minimum atomic E-state index is -0.210. The lowest BCUT2D eigenvalue weighted by atomic mass is 10.2. The maximum atomic E-state index is 12.1. The summed E-state index contributed by atoms with van der Waals surface area (Å²) in [6.45, 7) is 2.04. The number of aliphatic hydroxyl groups is 1. The van der Waals surface area contributed by atoms with E-state index in [9.17, 15) is 4.79 Å². The molecule has 1 unspecified atom stereocenters. The first-order valence-electron chi connectivity index (χ1n) is 7.26. The van der Waals surface area contributed by atoms with Crippen LogP contribution < -0.4 is 10.1 Å². The lowest BCUT2D eigenvalue weighted by molar-refractivity contribution is 0.0931. The number of carbonyl (C=O) groups is 1. The molecule has 1 heterocycles. The van der Waals surface area contributed by atoms with Gasteiger partial charge in [-0.1, -0.05) is 0 Å². The Morgan fingerprint density at radius 1 is 1.36 bits per heavy atom. The van der Waals surface area contributed by atoms with Crippen molar-refractivity contribution in [2.75, 3.05) is 13.7 Å². The number of hydrogen-bond acceptors (Lipinski definition) is 4. The zero-order chi connectivity index (χ0) is 15.9. The molecule has 1 atom stereocenters. The highest BCUT2D eigenvalue weighted by atomic mass is 16.5. The van der Waals surface area contributed by atoms with E-state index in [4.69, 9.17) is 9.84 Å². The van der Waals surface area contributed by atoms with E-state index in [0.29, 0.717) is 12.1 Å². The second kappa shape index (κ2) is 7.61. The molecule has 1 aromatic heterocycles. The maximum absolute atomic E-state index is 12.1. The van der Waals surface area contributed by atoms with Crippen LogP contribution in [0.2, 0.25) is 0 Å². The van der Waals surface area contributed by atoms with Gasteiger partial charge in [-0.3, -0.25) is 4.79 Å². The fourth-order valence-corrected chi connectivity index (χ4v) is 2.09. The largest absolute Gasteiger partial charge is 0.497 e. The van der Waals surface area contributed by atoms with Crippen LogP contribution >= 0.6 is 0 Å². The molecule has 0 aliphatic rings. The van der Waals surface area contributed by atoms with Crippen LogP contribution in [0.3, 0.4) is 0 Å². The molecule has 0 bridgehead atoms. The highest BCUT2D eigenvalue weighted by molar-refractivity contribution is 5.92. The molecule has 2 N–H and O–H groups in total. The van der Waals surface area contributed by atoms with Gasteiger partial charge in [-0.05, 0) is 50.1 Å². The van der Waals surface area contributed by atoms with Gasteiger partial charge in [0.05, 0.1) is 12.8 Å². The van der Waals surface area contributed by atoms with E-state index in [1.807, 2.05) is 31.2 Å². The molecule has 0 spiro atoms. The average Bonchev–Trinajstić information content (AvgIpc) is 3.03. The number of nitrogens with zero attached hydrogens (tertiary/aromatic N) is 2. The van der Waals surface area contributed by atoms with Gasteiger partial charge in [-0.2, -0.15) is 5.10 Å². The van der Waals surface area contributed by atoms with Gasteiger partial charge < -0.3 is 15.2 Å². The number of nitrogens with one attached hydrogen (secondary N) is 1. The van der Waals surface area contributed by atoms with E-state index < -0.39 is 0 Å². The first-order chi connectivity index (χ1) is 10.6. The van der Waals surface area contributed by atoms with Crippen LogP contribution in [-0.2, 0) is 0 Å². The molecule has 0 aliphatic heterocycles. The predicted molar refractivity (Wildman–Crippen MR) is 83.4 cm³/mol. The fraction of sp³-hybridized carbons (Fsp3) is 0.375. The fourth-order valence-electron chi connectivity index (χ4n) is 2.09. The minimum Gasteiger partial charge on any atom is -0.497 e. The van der Waals surface area contributed by atoms with Crippen molar-refractivity contribution in [2.24, 2.45) is 0 Å². The van der Waals surface area contributed by atoms with Crippen molar-refractivity contribution in [1.82, 2.24) is 15.1 Å². The Bertz CT molecular complexity index is 607. The lowest BCUT2D eigenvalue weighted by Gasteiger charge is -2.11. The third-order valence-electron chi connectivity index (χ3n) is 3.33. The molecule has 6 nitrogen and oxygen atoms in total. The average molecular weight is 303 g/mol. The molecule has 2 rings (SSSR count). The molecule has 6 heteroatoms. The number of methoxy groups -OCH3 is 1. The topological polar surface area (TPSA) is 76.4 Å². The van der Waals surface area contributed by atoms with Crippen molar-refractivity contribution in [3.05, 3.63) is 42.2 Å². The Kier molecular flexibility index (Phi) is 5.55. The number of ether oxygens (including phenoxy) is 1. The van der Waals surface area contributed by atoms with E-state index in [0.717, 1.165) is 17.9 Å². The highest BCUT2D eigenvalue weighted by Crippen LogP contribution is 2.14. The minimum absolute atomic E-state index is 0.00536. The Labute approximate surface area is 129 Å². The second-order valence-electron chi connectivity index (χ2n) is 5.08. The van der Waals surface area contributed by atoms with E-state index in [1.165, 1.54) is 0 Å². The van der Waals surface area contributed by atoms with Gasteiger partial charge in [-0.25, -0.2) is 4.68 Å². The zero-order valence-electron chi connectivity index (χ0n) is 12.8. The van der Waals surface area contributed by atoms with Gasteiger partial charge in [0.25, 0.3) is 5.91 Å². The standard InChI is InChI=1S/C16H21N3O3/c1-12(4-3-11-20)17-16(21)15-9-10-19(18-15)13-5-7-14(22-2)8-6-13/h5-10,12,20H,3-4,11H2,1-2H3,(H,17,21). The summed E-state index contributed by atoms with van der Waals surface area (Å²) in [6, 6.07) is 9.11. The SMILES string of the molecule is COc1ccc(-n2ccc(C(=O)NC(C)CCCO)n2)cc1. The molecule has 118 valence electrons. The van der Waals surface area contributed by atoms with Crippen molar-refractivity contribution < 1.29 is 14.6 Å². The summed E-state index contributed by atoms with van der Waals surface area (Å²) in [5.41, 5.74) is 1.22. The molecule has 1 aromatic carbocycles. The van der Waals surface area contributed by atoms with Gasteiger partial charge in [0.1, 0.15) is 5.75 Å². The summed E-state index contributed by atoms with van der Waals surface area (Å²) < 4.78 is 6.76. The summed E-state index contributed by atoms with van der Waals surface area (Å²) in [6.07, 6.45) is 3.15. The molecule has 0 saturated heterocycles. The van der Waals surface area contributed by atoms with Crippen LogP contribution in [0.1, 0.15) is 30.3 Å². The highest BCUT2D eigenvalue weighted by Gasteiger charge is 2.13.